The second-order valence-corrected chi connectivity index (χ2v) is 11.1. The minimum atomic E-state index is -1.34. The van der Waals surface area contributed by atoms with Gasteiger partial charge in [0, 0.05) is 27.4 Å². The number of aromatic nitrogens is 1. The summed E-state index contributed by atoms with van der Waals surface area (Å²) < 4.78 is 5.15. The summed E-state index contributed by atoms with van der Waals surface area (Å²) in [5.74, 6) is 0.939. The van der Waals surface area contributed by atoms with Crippen molar-refractivity contribution in [3.63, 3.8) is 0 Å². The van der Waals surface area contributed by atoms with Gasteiger partial charge in [-0.15, -0.1) is 22.7 Å². The Morgan fingerprint density at radius 2 is 1.97 bits per heavy atom. The number of hydrogen-bond acceptors (Lipinski definition) is 6. The van der Waals surface area contributed by atoms with Crippen LogP contribution in [0.15, 0.2) is 16.7 Å². The number of thiazole rings is 1. The van der Waals surface area contributed by atoms with Crippen LogP contribution in [-0.4, -0.2) is 22.2 Å². The largest absolute Gasteiger partial charge is 0.511 e. The Morgan fingerprint density at radius 3 is 2.62 bits per heavy atom. The standard InChI is InChI=1S/C24H28N2O4S2/c1-3-13-4-9-16-17(10-13)32-23(19(16)22-25-12(2)11-31-22)26-21(27)18-14-5-7-15(8-6-14)20(18)30-24(28)29/h11,13-15H,3-10H2,1-2H3,(H,26,27)(H,28,29). The first-order valence-corrected chi connectivity index (χ1v) is 13.2. The number of amides is 1. The van der Waals surface area contributed by atoms with Gasteiger partial charge in [-0.1, -0.05) is 13.3 Å². The summed E-state index contributed by atoms with van der Waals surface area (Å²) in [7, 11) is 0. The molecule has 2 bridgehead atoms. The lowest BCUT2D eigenvalue weighted by atomic mass is 9.70. The fourth-order valence-electron chi connectivity index (χ4n) is 5.55. The number of nitrogens with zero attached hydrogens (tertiary/aromatic N) is 1. The van der Waals surface area contributed by atoms with Gasteiger partial charge in [-0.2, -0.15) is 0 Å². The van der Waals surface area contributed by atoms with Gasteiger partial charge in [0.2, 0.25) is 0 Å². The predicted molar refractivity (Wildman–Crippen MR) is 126 cm³/mol. The lowest BCUT2D eigenvalue weighted by Crippen LogP contribution is -2.34. The van der Waals surface area contributed by atoms with Crippen LogP contribution in [0.4, 0.5) is 9.80 Å². The molecule has 170 valence electrons. The average molecular weight is 473 g/mol. The molecule has 1 saturated carbocycles. The SMILES string of the molecule is CCC1CCc2c(sc(NC(=O)C3=C(OC(=O)O)C4CCC3CC4)c2-c2nc(C)cs2)C1. The zero-order valence-electron chi connectivity index (χ0n) is 18.4. The Morgan fingerprint density at radius 1 is 1.22 bits per heavy atom. The summed E-state index contributed by atoms with van der Waals surface area (Å²) in [6.07, 6.45) is 6.65. The third-order valence-electron chi connectivity index (χ3n) is 7.22. The van der Waals surface area contributed by atoms with E-state index in [1.165, 1.54) is 10.4 Å². The third kappa shape index (κ3) is 3.88. The molecule has 32 heavy (non-hydrogen) atoms. The van der Waals surface area contributed by atoms with Crippen molar-refractivity contribution in [3.8, 4) is 10.6 Å². The van der Waals surface area contributed by atoms with Crippen LogP contribution in [0.25, 0.3) is 10.6 Å². The summed E-state index contributed by atoms with van der Waals surface area (Å²) in [6, 6.07) is 0. The average Bonchev–Trinajstić information content (AvgIpc) is 3.35. The van der Waals surface area contributed by atoms with Gasteiger partial charge in [0.25, 0.3) is 5.91 Å². The molecule has 2 aromatic heterocycles. The van der Waals surface area contributed by atoms with Crippen LogP contribution in [0.1, 0.15) is 61.6 Å². The zero-order chi connectivity index (χ0) is 22.4. The minimum absolute atomic E-state index is 0.0276. The van der Waals surface area contributed by atoms with Crippen molar-refractivity contribution in [3.05, 3.63) is 32.8 Å². The van der Waals surface area contributed by atoms with Crippen LogP contribution in [0.2, 0.25) is 0 Å². The van der Waals surface area contributed by atoms with Gasteiger partial charge >= 0.3 is 6.16 Å². The molecule has 4 aliphatic rings. The molecule has 1 unspecified atom stereocenters. The Kier molecular flexibility index (Phi) is 5.84. The highest BCUT2D eigenvalue weighted by atomic mass is 32.1. The molecule has 6 rings (SSSR count). The van der Waals surface area contributed by atoms with Crippen LogP contribution in [-0.2, 0) is 22.4 Å². The van der Waals surface area contributed by atoms with E-state index in [2.05, 4.69) is 12.2 Å². The number of carbonyl (C=O) groups is 2. The highest BCUT2D eigenvalue weighted by Gasteiger charge is 2.41. The molecule has 0 aromatic carbocycles. The molecule has 6 nitrogen and oxygen atoms in total. The first kappa shape index (κ1) is 21.6. The molecule has 0 spiro atoms. The topological polar surface area (TPSA) is 88.5 Å². The number of fused-ring (bicyclic) bond motifs is 3. The fourth-order valence-corrected chi connectivity index (χ4v) is 7.85. The van der Waals surface area contributed by atoms with Gasteiger partial charge in [-0.3, -0.25) is 4.79 Å². The van der Waals surface area contributed by atoms with Gasteiger partial charge < -0.3 is 15.2 Å². The smallest absolute Gasteiger partial charge is 0.449 e. The first-order chi connectivity index (χ1) is 15.4. The highest BCUT2D eigenvalue weighted by molar-refractivity contribution is 7.18. The Hall–Kier alpha value is -2.19. The monoisotopic (exact) mass is 472 g/mol. The maximum atomic E-state index is 13.5. The molecule has 2 heterocycles. The number of aryl methyl sites for hydroxylation is 1. The quantitative estimate of drug-likeness (QED) is 0.491. The van der Waals surface area contributed by atoms with Gasteiger partial charge in [-0.25, -0.2) is 9.78 Å². The van der Waals surface area contributed by atoms with E-state index in [0.29, 0.717) is 17.3 Å². The Labute approximate surface area is 195 Å². The van der Waals surface area contributed by atoms with Gasteiger partial charge in [0.15, 0.2) is 0 Å². The number of allylic oxidation sites excluding steroid dienone is 1. The molecular formula is C24H28N2O4S2. The highest BCUT2D eigenvalue weighted by Crippen LogP contribution is 2.49. The van der Waals surface area contributed by atoms with Crippen LogP contribution >= 0.6 is 22.7 Å². The lowest BCUT2D eigenvalue weighted by molar-refractivity contribution is -0.114. The Balaban J connectivity index is 1.53. The van der Waals surface area contributed by atoms with E-state index in [4.69, 9.17) is 9.72 Å². The van der Waals surface area contributed by atoms with Crippen molar-refractivity contribution in [2.45, 2.75) is 65.2 Å². The van der Waals surface area contributed by atoms with Crippen LogP contribution in [0, 0.1) is 24.7 Å². The van der Waals surface area contributed by atoms with Crippen LogP contribution < -0.4 is 5.32 Å². The van der Waals surface area contributed by atoms with Crippen molar-refractivity contribution in [2.75, 3.05) is 5.32 Å². The van der Waals surface area contributed by atoms with E-state index in [1.807, 2.05) is 12.3 Å². The molecule has 1 atom stereocenters. The number of thiophene rings is 1. The van der Waals surface area contributed by atoms with E-state index in [9.17, 15) is 14.7 Å². The van der Waals surface area contributed by atoms with Crippen molar-refractivity contribution in [1.29, 1.82) is 0 Å². The first-order valence-electron chi connectivity index (χ1n) is 11.5. The molecule has 2 aromatic rings. The maximum absolute atomic E-state index is 13.5. The van der Waals surface area contributed by atoms with E-state index in [-0.39, 0.29) is 17.7 Å². The number of rotatable bonds is 5. The molecule has 0 aliphatic heterocycles. The summed E-state index contributed by atoms with van der Waals surface area (Å²) in [4.78, 5) is 30.9. The van der Waals surface area contributed by atoms with Crippen LogP contribution in [0.5, 0.6) is 0 Å². The maximum Gasteiger partial charge on any atom is 0.511 e. The number of nitrogens with one attached hydrogen (secondary N) is 1. The van der Waals surface area contributed by atoms with E-state index in [0.717, 1.165) is 72.6 Å². The van der Waals surface area contributed by atoms with Crippen molar-refractivity contribution < 1.29 is 19.4 Å². The summed E-state index contributed by atoms with van der Waals surface area (Å²) in [5.41, 5.74) is 3.90. The molecule has 8 heteroatoms. The normalized spacial score (nSPS) is 24.4. The number of ether oxygens (including phenoxy) is 1. The molecule has 0 saturated heterocycles. The van der Waals surface area contributed by atoms with Gasteiger partial charge in [0.05, 0.1) is 5.57 Å². The molecular weight excluding hydrogens is 444 g/mol. The Bertz CT molecular complexity index is 1090. The van der Waals surface area contributed by atoms with E-state index in [1.54, 1.807) is 22.7 Å². The molecule has 1 fully saturated rings. The van der Waals surface area contributed by atoms with Crippen molar-refractivity contribution >= 4 is 39.7 Å². The molecule has 1 amide bonds. The number of hydrogen-bond donors (Lipinski definition) is 2. The zero-order valence-corrected chi connectivity index (χ0v) is 20.0. The number of carboxylic acid groups (broad SMARTS) is 1. The summed E-state index contributed by atoms with van der Waals surface area (Å²) in [6.45, 7) is 4.23. The lowest BCUT2D eigenvalue weighted by Gasteiger charge is -2.37. The summed E-state index contributed by atoms with van der Waals surface area (Å²) >= 11 is 3.28. The fraction of sp³-hybridized carbons (Fsp3) is 0.542. The molecule has 0 radical (unpaired) electrons. The second-order valence-electron chi connectivity index (χ2n) is 9.17. The molecule has 4 aliphatic carbocycles. The van der Waals surface area contributed by atoms with E-state index < -0.39 is 6.16 Å². The molecule has 2 N–H and O–H groups in total. The van der Waals surface area contributed by atoms with Gasteiger partial charge in [0.1, 0.15) is 15.8 Å². The van der Waals surface area contributed by atoms with Crippen molar-refractivity contribution in [1.82, 2.24) is 4.98 Å². The van der Waals surface area contributed by atoms with Crippen molar-refractivity contribution in [2.24, 2.45) is 17.8 Å². The van der Waals surface area contributed by atoms with Gasteiger partial charge in [-0.05, 0) is 69.3 Å². The number of anilines is 1. The predicted octanol–water partition coefficient (Wildman–Crippen LogP) is 6.40. The second kappa shape index (κ2) is 8.63. The van der Waals surface area contributed by atoms with Crippen LogP contribution in [0.3, 0.4) is 0 Å². The third-order valence-corrected chi connectivity index (χ3v) is 9.37. The summed E-state index contributed by atoms with van der Waals surface area (Å²) in [5, 5.41) is 16.3. The number of carbonyl (C=O) groups excluding carboxylic acids is 1. The minimum Gasteiger partial charge on any atom is -0.449 e. The van der Waals surface area contributed by atoms with E-state index >= 15 is 0 Å².